The van der Waals surface area contributed by atoms with Crippen LogP contribution in [0, 0.1) is 13.8 Å². The van der Waals surface area contributed by atoms with Crippen molar-refractivity contribution >= 4 is 206 Å². The lowest BCUT2D eigenvalue weighted by Gasteiger charge is -2.30. The number of fused-ring (bicyclic) bond motifs is 15. The number of benzene rings is 7. The number of nitrogens with zero attached hydrogens (tertiary/aromatic N) is 3. The van der Waals surface area contributed by atoms with Gasteiger partial charge in [0.15, 0.2) is 7.28 Å². The van der Waals surface area contributed by atoms with Crippen molar-refractivity contribution in [1.82, 2.24) is 13.5 Å². The second-order valence-electron chi connectivity index (χ2n) is 15.3. The Balaban J connectivity index is 1.28. The fourth-order valence-electron chi connectivity index (χ4n) is 10.2. The minimum atomic E-state index is 0.262. The van der Waals surface area contributed by atoms with Crippen LogP contribution in [0.4, 0.5) is 0 Å². The number of hydrogen-bond acceptors (Lipinski definition) is 0. The van der Waals surface area contributed by atoms with Crippen LogP contribution in [0.5, 0.6) is 0 Å². The summed E-state index contributed by atoms with van der Waals surface area (Å²) in [4.78, 5) is 0. The molecule has 0 aliphatic carbocycles. The maximum absolute atomic E-state index is 7.53. The SMILES string of the molecule is [B]c1c([B])c(C)c2c(c1[B])[B]c1c([B])c([B])c([B])c3c4c([B])c(-n5c6ccccc6c6c7c8cccc9c%10ccccc%10n(c7ccc65)c98)c([B])c(C)c4n-2c13. The van der Waals surface area contributed by atoms with E-state index in [4.69, 9.17) is 62.8 Å². The van der Waals surface area contributed by atoms with Crippen LogP contribution in [0.3, 0.4) is 0 Å². The molecule has 12 heteroatoms. The molecule has 12 rings (SSSR count). The van der Waals surface area contributed by atoms with Crippen molar-refractivity contribution in [2.45, 2.75) is 13.8 Å². The monoisotopic (exact) mass is 688 g/mol. The molecule has 0 saturated carbocycles. The number of aryl methyl sites for hydroxylation is 1. The van der Waals surface area contributed by atoms with Crippen molar-refractivity contribution in [3.63, 3.8) is 0 Å². The first-order chi connectivity index (χ1) is 27.0. The molecule has 3 nitrogen and oxygen atoms in total. The van der Waals surface area contributed by atoms with Gasteiger partial charge < -0.3 is 13.5 Å². The Morgan fingerprint density at radius 3 is 1.77 bits per heavy atom. The van der Waals surface area contributed by atoms with E-state index in [1.165, 1.54) is 32.6 Å². The molecule has 56 heavy (non-hydrogen) atoms. The lowest BCUT2D eigenvalue weighted by Crippen LogP contribution is -2.60. The highest BCUT2D eigenvalue weighted by molar-refractivity contribution is 6.83. The average Bonchev–Trinajstić information content (AvgIpc) is 3.95. The summed E-state index contributed by atoms with van der Waals surface area (Å²) in [7, 11) is 57.0. The van der Waals surface area contributed by atoms with Gasteiger partial charge in [-0.15, -0.1) is 21.9 Å². The Morgan fingerprint density at radius 2 is 0.982 bits per heavy atom. The van der Waals surface area contributed by atoms with Gasteiger partial charge in [0.25, 0.3) is 0 Å². The minimum Gasteiger partial charge on any atom is -0.310 e. The van der Waals surface area contributed by atoms with Gasteiger partial charge >= 0.3 is 0 Å². The minimum absolute atomic E-state index is 0.262. The van der Waals surface area contributed by atoms with Crippen molar-refractivity contribution in [3.05, 3.63) is 90.0 Å². The first kappa shape index (κ1) is 32.7. The van der Waals surface area contributed by atoms with Gasteiger partial charge in [-0.25, -0.2) is 0 Å². The highest BCUT2D eigenvalue weighted by Crippen LogP contribution is 2.45. The summed E-state index contributed by atoms with van der Waals surface area (Å²) in [6.45, 7) is 3.94. The average molecular weight is 687 g/mol. The van der Waals surface area contributed by atoms with E-state index in [0.717, 1.165) is 55.2 Å². The third kappa shape index (κ3) is 3.56. The number of rotatable bonds is 1. The molecule has 1 aliphatic rings. The summed E-state index contributed by atoms with van der Waals surface area (Å²) in [5.41, 5.74) is 14.3. The predicted molar refractivity (Wildman–Crippen MR) is 247 cm³/mol. The largest absolute Gasteiger partial charge is 0.310 e. The van der Waals surface area contributed by atoms with E-state index in [1.807, 2.05) is 27.2 Å². The highest BCUT2D eigenvalue weighted by Gasteiger charge is 2.32. The molecule has 7 aromatic carbocycles. The van der Waals surface area contributed by atoms with E-state index in [9.17, 15) is 0 Å². The molecule has 0 bridgehead atoms. The van der Waals surface area contributed by atoms with Crippen molar-refractivity contribution in [2.24, 2.45) is 0 Å². The molecule has 0 atom stereocenters. The molecule has 1 aliphatic heterocycles. The van der Waals surface area contributed by atoms with Gasteiger partial charge in [0, 0.05) is 54.6 Å². The van der Waals surface area contributed by atoms with Gasteiger partial charge in [-0.3, -0.25) is 0 Å². The third-order valence-corrected chi connectivity index (χ3v) is 12.7. The van der Waals surface area contributed by atoms with Crippen LogP contribution in [0.15, 0.2) is 78.9 Å². The Hall–Kier alpha value is -5.48. The van der Waals surface area contributed by atoms with Crippen LogP contribution >= 0.6 is 0 Å². The predicted octanol–water partition coefficient (Wildman–Crippen LogP) is -0.0335. The van der Waals surface area contributed by atoms with Gasteiger partial charge in [0.1, 0.15) is 62.8 Å². The fourth-order valence-corrected chi connectivity index (χ4v) is 10.2. The van der Waals surface area contributed by atoms with E-state index in [0.29, 0.717) is 65.6 Å². The first-order valence-corrected chi connectivity index (χ1v) is 18.5. The zero-order valence-corrected chi connectivity index (χ0v) is 30.5. The summed E-state index contributed by atoms with van der Waals surface area (Å²) < 4.78 is 6.69. The van der Waals surface area contributed by atoms with Crippen LogP contribution in [0.2, 0.25) is 0 Å². The third-order valence-electron chi connectivity index (χ3n) is 12.7. The molecule has 17 radical (unpaired) electrons. The zero-order valence-electron chi connectivity index (χ0n) is 30.5. The lowest BCUT2D eigenvalue weighted by molar-refractivity contribution is 1.16. The molecule has 0 unspecified atom stereocenters. The lowest BCUT2D eigenvalue weighted by atomic mass is 9.50. The molecule has 0 saturated heterocycles. The summed E-state index contributed by atoms with van der Waals surface area (Å²) in [6, 6.07) is 28.0. The molecular formula is C44H19B9N3. The van der Waals surface area contributed by atoms with E-state index < -0.39 is 0 Å². The topological polar surface area (TPSA) is 14.3 Å². The number of aromatic nitrogens is 3. The summed E-state index contributed by atoms with van der Waals surface area (Å²) in [6.07, 6.45) is 0. The van der Waals surface area contributed by atoms with Gasteiger partial charge in [-0.05, 0) is 54.6 Å². The summed E-state index contributed by atoms with van der Waals surface area (Å²) >= 11 is 0. The van der Waals surface area contributed by atoms with Gasteiger partial charge in [0.05, 0.1) is 33.1 Å². The molecule has 4 aromatic heterocycles. The van der Waals surface area contributed by atoms with Gasteiger partial charge in [-0.1, -0.05) is 87.4 Å². The Kier molecular flexibility index (Phi) is 6.24. The molecule has 0 spiro atoms. The smallest absolute Gasteiger partial charge is 0.195 e. The van der Waals surface area contributed by atoms with Crippen molar-refractivity contribution in [1.29, 1.82) is 0 Å². The maximum atomic E-state index is 7.53. The standard InChI is InChI=1S/C44H19B9N3/c1-16-30(45)34(49)36(51)38-41(16)56-40-17(2)31(46)44(33(48)29(40)28-32(47)35(50)37(52)39(53-38)43(28)56)55-23-13-6-4-9-20(23)26-24(55)14-15-25-27(26)21-11-7-10-19-18-8-3-5-12-22(18)54(25)42(19)21/h3-15H,1-2H3. The maximum Gasteiger partial charge on any atom is 0.195 e. The van der Waals surface area contributed by atoms with Crippen LogP contribution < -0.4 is 54.6 Å². The Bertz CT molecular complexity index is 3680. The Labute approximate surface area is 333 Å². The van der Waals surface area contributed by atoms with E-state index in [2.05, 4.69) is 86.3 Å². The van der Waals surface area contributed by atoms with Crippen molar-refractivity contribution in [3.8, 4) is 11.4 Å². The second-order valence-corrected chi connectivity index (χ2v) is 15.3. The molecular weight excluding hydrogens is 668 g/mol. The molecule has 5 heterocycles. The van der Waals surface area contributed by atoms with Crippen molar-refractivity contribution in [2.75, 3.05) is 0 Å². The van der Waals surface area contributed by atoms with Crippen LogP contribution in [-0.4, -0.2) is 83.6 Å². The van der Waals surface area contributed by atoms with Crippen LogP contribution in [-0.2, 0) is 0 Å². The van der Waals surface area contributed by atoms with E-state index in [1.54, 1.807) is 0 Å². The molecule has 0 amide bonds. The van der Waals surface area contributed by atoms with Gasteiger partial charge in [0.2, 0.25) is 0 Å². The fraction of sp³-hybridized carbons (Fsp3) is 0.0455. The molecule has 11 aromatic rings. The molecule has 0 N–H and O–H groups in total. The molecule has 0 fully saturated rings. The zero-order chi connectivity index (χ0) is 38.4. The number of hydrogen-bond donors (Lipinski definition) is 0. The van der Waals surface area contributed by atoms with Crippen LogP contribution in [0.1, 0.15) is 11.1 Å². The van der Waals surface area contributed by atoms with Crippen LogP contribution in [0.25, 0.3) is 93.1 Å². The second kappa shape index (κ2) is 10.7. The normalized spacial score (nSPS) is 12.8. The first-order valence-electron chi connectivity index (χ1n) is 18.5. The molecule has 237 valence electrons. The number of para-hydroxylation sites is 3. The van der Waals surface area contributed by atoms with Gasteiger partial charge in [-0.2, -0.15) is 0 Å². The van der Waals surface area contributed by atoms with E-state index in [-0.39, 0.29) is 5.46 Å². The summed E-state index contributed by atoms with van der Waals surface area (Å²) in [5.74, 6) is 0. The summed E-state index contributed by atoms with van der Waals surface area (Å²) in [5, 5.41) is 8.43. The van der Waals surface area contributed by atoms with Crippen molar-refractivity contribution < 1.29 is 0 Å². The van der Waals surface area contributed by atoms with E-state index >= 15 is 0 Å². The Morgan fingerprint density at radius 1 is 0.375 bits per heavy atom. The quantitative estimate of drug-likeness (QED) is 0.216. The highest BCUT2D eigenvalue weighted by atomic mass is 15.0.